The Labute approximate surface area is 117 Å². The Morgan fingerprint density at radius 1 is 1.32 bits per heavy atom. The van der Waals surface area contributed by atoms with Gasteiger partial charge in [-0.3, -0.25) is 15.0 Å². The molecule has 1 aromatic rings. The van der Waals surface area contributed by atoms with Crippen LogP contribution in [0.2, 0.25) is 5.02 Å². The van der Waals surface area contributed by atoms with E-state index < -0.39 is 4.92 Å². The standard InChI is InChI=1S/C13H18ClN3O2/c1-9-8-16(10(2)7-15(9)3)13-5-4-11(17(18)19)6-12(13)14/h4-6,9-10H,7-8H2,1-3H3/t9-,10-/m1/s1. The van der Waals surface area contributed by atoms with Crippen molar-refractivity contribution in [2.75, 3.05) is 25.0 Å². The molecule has 0 bridgehead atoms. The zero-order valence-corrected chi connectivity index (χ0v) is 12.1. The average molecular weight is 284 g/mol. The largest absolute Gasteiger partial charge is 0.365 e. The van der Waals surface area contributed by atoms with Gasteiger partial charge in [0.1, 0.15) is 0 Å². The number of likely N-dealkylation sites (N-methyl/N-ethyl adjacent to an activating group) is 1. The van der Waals surface area contributed by atoms with Crippen molar-refractivity contribution in [1.29, 1.82) is 0 Å². The molecule has 0 aromatic heterocycles. The predicted molar refractivity (Wildman–Crippen MR) is 77.0 cm³/mol. The number of nitro groups is 1. The zero-order chi connectivity index (χ0) is 14.2. The van der Waals surface area contributed by atoms with Crippen molar-refractivity contribution in [2.45, 2.75) is 25.9 Å². The minimum absolute atomic E-state index is 0.0311. The predicted octanol–water partition coefficient (Wildman–Crippen LogP) is 2.78. The molecule has 0 amide bonds. The molecule has 1 heterocycles. The number of rotatable bonds is 2. The van der Waals surface area contributed by atoms with Gasteiger partial charge in [0.25, 0.3) is 5.69 Å². The average Bonchev–Trinajstić information content (AvgIpc) is 2.34. The van der Waals surface area contributed by atoms with Crippen molar-refractivity contribution in [3.63, 3.8) is 0 Å². The molecule has 0 aliphatic carbocycles. The molecule has 6 heteroatoms. The lowest BCUT2D eigenvalue weighted by Crippen LogP contribution is -2.55. The van der Waals surface area contributed by atoms with Gasteiger partial charge in [0.05, 0.1) is 15.6 Å². The zero-order valence-electron chi connectivity index (χ0n) is 11.3. The van der Waals surface area contributed by atoms with Gasteiger partial charge in [-0.2, -0.15) is 0 Å². The number of nitrogens with zero attached hydrogens (tertiary/aromatic N) is 3. The SMILES string of the molecule is C[C@@H]1CN(c2ccc([N+](=O)[O-])cc2Cl)[C@H](C)CN1C. The van der Waals surface area contributed by atoms with Crippen LogP contribution in [0.25, 0.3) is 0 Å². The van der Waals surface area contributed by atoms with Gasteiger partial charge >= 0.3 is 0 Å². The number of hydrogen-bond donors (Lipinski definition) is 0. The highest BCUT2D eigenvalue weighted by Crippen LogP contribution is 2.32. The molecule has 0 N–H and O–H groups in total. The van der Waals surface area contributed by atoms with Gasteiger partial charge in [-0.15, -0.1) is 0 Å². The number of anilines is 1. The van der Waals surface area contributed by atoms with Crippen LogP contribution in [-0.4, -0.2) is 42.0 Å². The molecule has 1 fully saturated rings. The second-order valence-electron chi connectivity index (χ2n) is 5.18. The summed E-state index contributed by atoms with van der Waals surface area (Å²) in [5.74, 6) is 0. The first-order valence-corrected chi connectivity index (χ1v) is 6.68. The fourth-order valence-electron chi connectivity index (χ4n) is 2.48. The molecule has 1 aromatic carbocycles. The lowest BCUT2D eigenvalue weighted by Gasteiger charge is -2.44. The van der Waals surface area contributed by atoms with E-state index in [9.17, 15) is 10.1 Å². The molecule has 1 aliphatic rings. The minimum atomic E-state index is -0.425. The van der Waals surface area contributed by atoms with Crippen molar-refractivity contribution in [3.05, 3.63) is 33.3 Å². The summed E-state index contributed by atoms with van der Waals surface area (Å²) < 4.78 is 0. The van der Waals surface area contributed by atoms with Crippen LogP contribution in [0.1, 0.15) is 13.8 Å². The van der Waals surface area contributed by atoms with Gasteiger partial charge in [-0.05, 0) is 27.0 Å². The van der Waals surface area contributed by atoms with Gasteiger partial charge in [0.2, 0.25) is 0 Å². The van der Waals surface area contributed by atoms with Crippen LogP contribution >= 0.6 is 11.6 Å². The number of hydrogen-bond acceptors (Lipinski definition) is 4. The highest BCUT2D eigenvalue weighted by Gasteiger charge is 2.28. The van der Waals surface area contributed by atoms with Crippen molar-refractivity contribution >= 4 is 23.0 Å². The summed E-state index contributed by atoms with van der Waals surface area (Å²) in [4.78, 5) is 14.8. The maximum atomic E-state index is 10.7. The van der Waals surface area contributed by atoms with Crippen molar-refractivity contribution in [2.24, 2.45) is 0 Å². The van der Waals surface area contributed by atoms with E-state index >= 15 is 0 Å². The Balaban J connectivity index is 2.29. The Morgan fingerprint density at radius 3 is 2.58 bits per heavy atom. The Bertz CT molecular complexity index is 495. The maximum absolute atomic E-state index is 10.7. The number of halogens is 1. The molecule has 0 saturated carbocycles. The van der Waals surface area contributed by atoms with Gasteiger partial charge in [0, 0.05) is 37.3 Å². The minimum Gasteiger partial charge on any atom is -0.365 e. The second kappa shape index (κ2) is 5.35. The van der Waals surface area contributed by atoms with E-state index in [1.54, 1.807) is 6.07 Å². The molecule has 2 rings (SSSR count). The molecular formula is C13H18ClN3O2. The van der Waals surface area contributed by atoms with Gasteiger partial charge in [0.15, 0.2) is 0 Å². The lowest BCUT2D eigenvalue weighted by atomic mass is 10.1. The lowest BCUT2D eigenvalue weighted by molar-refractivity contribution is -0.384. The van der Waals surface area contributed by atoms with Crippen LogP contribution in [0.4, 0.5) is 11.4 Å². The Kier molecular flexibility index (Phi) is 3.96. The van der Waals surface area contributed by atoms with Crippen LogP contribution in [0.5, 0.6) is 0 Å². The molecule has 0 unspecified atom stereocenters. The summed E-state index contributed by atoms with van der Waals surface area (Å²) in [6, 6.07) is 5.45. The summed E-state index contributed by atoms with van der Waals surface area (Å²) in [6.07, 6.45) is 0. The van der Waals surface area contributed by atoms with E-state index in [-0.39, 0.29) is 5.69 Å². The highest BCUT2D eigenvalue weighted by molar-refractivity contribution is 6.33. The molecule has 0 radical (unpaired) electrons. The monoisotopic (exact) mass is 283 g/mol. The number of piperazine rings is 1. The first-order valence-electron chi connectivity index (χ1n) is 6.31. The van der Waals surface area contributed by atoms with Gasteiger partial charge in [-0.25, -0.2) is 0 Å². The number of non-ortho nitro benzene ring substituents is 1. The Morgan fingerprint density at radius 2 is 2.00 bits per heavy atom. The van der Waals surface area contributed by atoms with Crippen LogP contribution in [-0.2, 0) is 0 Å². The van der Waals surface area contributed by atoms with Crippen LogP contribution in [0, 0.1) is 10.1 Å². The van der Waals surface area contributed by atoms with E-state index in [1.807, 2.05) is 0 Å². The van der Waals surface area contributed by atoms with Crippen LogP contribution in [0.15, 0.2) is 18.2 Å². The smallest absolute Gasteiger partial charge is 0.271 e. The number of nitro benzene ring substituents is 1. The summed E-state index contributed by atoms with van der Waals surface area (Å²) in [7, 11) is 2.11. The van der Waals surface area contributed by atoms with Crippen LogP contribution < -0.4 is 4.90 Å². The third-order valence-electron chi connectivity index (χ3n) is 3.75. The molecule has 1 saturated heterocycles. The van der Waals surface area contributed by atoms with E-state index in [4.69, 9.17) is 11.6 Å². The first kappa shape index (κ1) is 14.1. The summed E-state index contributed by atoms with van der Waals surface area (Å²) >= 11 is 6.20. The van der Waals surface area contributed by atoms with Gasteiger partial charge in [-0.1, -0.05) is 11.6 Å². The number of benzene rings is 1. The molecule has 5 nitrogen and oxygen atoms in total. The van der Waals surface area contributed by atoms with Crippen molar-refractivity contribution in [1.82, 2.24) is 4.90 Å². The normalized spacial score (nSPS) is 24.5. The third kappa shape index (κ3) is 2.82. The topological polar surface area (TPSA) is 49.6 Å². The van der Waals surface area contributed by atoms with Crippen LogP contribution in [0.3, 0.4) is 0 Å². The van der Waals surface area contributed by atoms with Gasteiger partial charge < -0.3 is 4.90 Å². The van der Waals surface area contributed by atoms with E-state index in [0.29, 0.717) is 17.1 Å². The molecule has 1 aliphatic heterocycles. The Hall–Kier alpha value is -1.33. The third-order valence-corrected chi connectivity index (χ3v) is 4.05. The highest BCUT2D eigenvalue weighted by atomic mass is 35.5. The van der Waals surface area contributed by atoms with E-state index in [1.165, 1.54) is 12.1 Å². The molecule has 0 spiro atoms. The fourth-order valence-corrected chi connectivity index (χ4v) is 2.76. The summed E-state index contributed by atoms with van der Waals surface area (Å²) in [5, 5.41) is 11.2. The summed E-state index contributed by atoms with van der Waals surface area (Å²) in [5.41, 5.74) is 0.906. The van der Waals surface area contributed by atoms with E-state index in [2.05, 4.69) is 30.7 Å². The quantitative estimate of drug-likeness (QED) is 0.619. The van der Waals surface area contributed by atoms with Crippen molar-refractivity contribution < 1.29 is 4.92 Å². The summed E-state index contributed by atoms with van der Waals surface area (Å²) in [6.45, 7) is 6.13. The molecule has 104 valence electrons. The molecular weight excluding hydrogens is 266 g/mol. The van der Waals surface area contributed by atoms with E-state index in [0.717, 1.165) is 18.8 Å². The maximum Gasteiger partial charge on any atom is 0.271 e. The molecule has 2 atom stereocenters. The molecule has 19 heavy (non-hydrogen) atoms. The first-order chi connectivity index (χ1) is 8.90. The van der Waals surface area contributed by atoms with Crippen molar-refractivity contribution in [3.8, 4) is 0 Å². The fraction of sp³-hybridized carbons (Fsp3) is 0.538. The second-order valence-corrected chi connectivity index (χ2v) is 5.59.